The van der Waals surface area contributed by atoms with E-state index in [-0.39, 0.29) is 5.56 Å². The maximum atomic E-state index is 13.7. The minimum absolute atomic E-state index is 0.124. The molecule has 1 saturated carbocycles. The first kappa shape index (κ1) is 12.5. The van der Waals surface area contributed by atoms with Gasteiger partial charge in [-0.15, -0.1) is 0 Å². The van der Waals surface area contributed by atoms with Gasteiger partial charge in [-0.25, -0.2) is 8.78 Å². The normalized spacial score (nSPS) is 20.6. The topological polar surface area (TPSA) is 20.2 Å². The lowest BCUT2D eigenvalue weighted by atomic mass is 9.81. The second-order valence-corrected chi connectivity index (χ2v) is 4.92. The van der Waals surface area contributed by atoms with Gasteiger partial charge < -0.3 is 5.11 Å². The quantitative estimate of drug-likeness (QED) is 0.789. The van der Waals surface area contributed by atoms with Gasteiger partial charge >= 0.3 is 0 Å². The molecule has 0 heterocycles. The Morgan fingerprint density at radius 2 is 1.53 bits per heavy atom. The number of halogens is 2. The van der Waals surface area contributed by atoms with Crippen LogP contribution in [0.25, 0.3) is 0 Å². The summed E-state index contributed by atoms with van der Waals surface area (Å²) in [6.45, 7) is 0. The van der Waals surface area contributed by atoms with Crippen molar-refractivity contribution in [2.45, 2.75) is 50.5 Å². The third-order valence-corrected chi connectivity index (χ3v) is 3.61. The van der Waals surface area contributed by atoms with Gasteiger partial charge in [-0.05, 0) is 31.0 Å². The van der Waals surface area contributed by atoms with E-state index in [9.17, 15) is 13.9 Å². The van der Waals surface area contributed by atoms with Gasteiger partial charge in [-0.1, -0.05) is 32.1 Å². The molecule has 0 aromatic heterocycles. The summed E-state index contributed by atoms with van der Waals surface area (Å²) >= 11 is 0. The smallest absolute Gasteiger partial charge is 0.129 e. The molecular formula is C14H18F2O. The molecule has 3 heteroatoms. The second kappa shape index (κ2) is 5.13. The Balaban J connectivity index is 2.30. The van der Waals surface area contributed by atoms with Crippen LogP contribution in [-0.4, -0.2) is 5.11 Å². The minimum Gasteiger partial charge on any atom is -0.385 e. The molecule has 17 heavy (non-hydrogen) atoms. The highest BCUT2D eigenvalue weighted by molar-refractivity contribution is 5.25. The van der Waals surface area contributed by atoms with Crippen molar-refractivity contribution in [3.8, 4) is 0 Å². The average Bonchev–Trinajstić information content (AvgIpc) is 2.27. The predicted molar refractivity (Wildman–Crippen MR) is 62.6 cm³/mol. The molecule has 1 aromatic rings. The van der Waals surface area contributed by atoms with Crippen LogP contribution in [0.5, 0.6) is 0 Å². The summed E-state index contributed by atoms with van der Waals surface area (Å²) in [5.41, 5.74) is -1.06. The SMILES string of the molecule is OC1(c2cc(F)ccc2F)CCCCCCC1. The molecule has 94 valence electrons. The van der Waals surface area contributed by atoms with Crippen molar-refractivity contribution in [2.24, 2.45) is 0 Å². The summed E-state index contributed by atoms with van der Waals surface area (Å²) in [5.74, 6) is -0.994. The first-order valence-electron chi connectivity index (χ1n) is 6.30. The molecule has 1 fully saturated rings. The van der Waals surface area contributed by atoms with Crippen molar-refractivity contribution < 1.29 is 13.9 Å². The Labute approximate surface area is 100 Å². The van der Waals surface area contributed by atoms with Crippen LogP contribution in [0.15, 0.2) is 18.2 Å². The van der Waals surface area contributed by atoms with E-state index in [0.29, 0.717) is 12.8 Å². The molecule has 1 aliphatic rings. The molecule has 0 radical (unpaired) electrons. The lowest BCUT2D eigenvalue weighted by Crippen LogP contribution is -2.28. The summed E-state index contributed by atoms with van der Waals surface area (Å²) in [6, 6.07) is 3.32. The van der Waals surface area contributed by atoms with E-state index in [0.717, 1.165) is 43.9 Å². The molecule has 2 rings (SSSR count). The van der Waals surface area contributed by atoms with Gasteiger partial charge in [0.15, 0.2) is 0 Å². The molecule has 1 aromatic carbocycles. The van der Waals surface area contributed by atoms with Crippen LogP contribution >= 0.6 is 0 Å². The molecule has 0 amide bonds. The fraction of sp³-hybridized carbons (Fsp3) is 0.571. The van der Waals surface area contributed by atoms with E-state index in [1.807, 2.05) is 0 Å². The molecule has 1 N–H and O–H groups in total. The van der Waals surface area contributed by atoms with E-state index in [1.165, 1.54) is 6.42 Å². The maximum Gasteiger partial charge on any atom is 0.129 e. The number of benzene rings is 1. The molecule has 0 unspecified atom stereocenters. The lowest BCUT2D eigenvalue weighted by Gasteiger charge is -2.31. The number of hydrogen-bond acceptors (Lipinski definition) is 1. The molecule has 0 bridgehead atoms. The molecule has 1 nitrogen and oxygen atoms in total. The fourth-order valence-corrected chi connectivity index (χ4v) is 2.61. The van der Waals surface area contributed by atoms with E-state index < -0.39 is 17.2 Å². The zero-order valence-corrected chi connectivity index (χ0v) is 9.88. The van der Waals surface area contributed by atoms with Crippen LogP contribution in [0.2, 0.25) is 0 Å². The van der Waals surface area contributed by atoms with Crippen molar-refractivity contribution in [3.05, 3.63) is 35.4 Å². The van der Waals surface area contributed by atoms with Crippen LogP contribution in [0.4, 0.5) is 8.78 Å². The predicted octanol–water partition coefficient (Wildman–Crippen LogP) is 3.90. The molecule has 0 spiro atoms. The largest absolute Gasteiger partial charge is 0.385 e. The summed E-state index contributed by atoms with van der Waals surface area (Å²) < 4.78 is 26.9. The van der Waals surface area contributed by atoms with Crippen molar-refractivity contribution in [1.82, 2.24) is 0 Å². The monoisotopic (exact) mass is 240 g/mol. The zero-order chi connectivity index (χ0) is 12.3. The molecule has 0 saturated heterocycles. The standard InChI is InChI=1S/C14H18F2O/c15-11-6-7-13(16)12(10-11)14(17)8-4-2-1-3-5-9-14/h6-7,10,17H,1-5,8-9H2. The Morgan fingerprint density at radius 3 is 2.18 bits per heavy atom. The molecule has 0 atom stereocenters. The number of rotatable bonds is 1. The summed E-state index contributed by atoms with van der Waals surface area (Å²) in [4.78, 5) is 0. The van der Waals surface area contributed by atoms with Gasteiger partial charge in [0.25, 0.3) is 0 Å². The first-order chi connectivity index (χ1) is 8.12. The fourth-order valence-electron chi connectivity index (χ4n) is 2.61. The second-order valence-electron chi connectivity index (χ2n) is 4.92. The van der Waals surface area contributed by atoms with Gasteiger partial charge in [-0.3, -0.25) is 0 Å². The third-order valence-electron chi connectivity index (χ3n) is 3.61. The van der Waals surface area contributed by atoms with Crippen molar-refractivity contribution in [1.29, 1.82) is 0 Å². The molecule has 1 aliphatic carbocycles. The molecule has 0 aliphatic heterocycles. The van der Waals surface area contributed by atoms with Crippen LogP contribution in [0, 0.1) is 11.6 Å². The van der Waals surface area contributed by atoms with Crippen molar-refractivity contribution in [2.75, 3.05) is 0 Å². The van der Waals surface area contributed by atoms with Gasteiger partial charge in [-0.2, -0.15) is 0 Å². The van der Waals surface area contributed by atoms with Gasteiger partial charge in [0, 0.05) is 5.56 Å². The van der Waals surface area contributed by atoms with E-state index in [4.69, 9.17) is 0 Å². The highest BCUT2D eigenvalue weighted by atomic mass is 19.1. The lowest BCUT2D eigenvalue weighted by molar-refractivity contribution is 0.00609. The number of aliphatic hydroxyl groups is 1. The van der Waals surface area contributed by atoms with Crippen LogP contribution in [0.1, 0.15) is 50.5 Å². The Kier molecular flexibility index (Phi) is 3.77. The Morgan fingerprint density at radius 1 is 0.941 bits per heavy atom. The summed E-state index contributed by atoms with van der Waals surface area (Å²) in [5, 5.41) is 10.5. The molecular weight excluding hydrogens is 222 g/mol. The van der Waals surface area contributed by atoms with Crippen molar-refractivity contribution in [3.63, 3.8) is 0 Å². The van der Waals surface area contributed by atoms with E-state index in [2.05, 4.69) is 0 Å². The van der Waals surface area contributed by atoms with Crippen LogP contribution in [-0.2, 0) is 5.60 Å². The zero-order valence-electron chi connectivity index (χ0n) is 9.88. The van der Waals surface area contributed by atoms with Gasteiger partial charge in [0.05, 0.1) is 5.60 Å². The first-order valence-corrected chi connectivity index (χ1v) is 6.30. The summed E-state index contributed by atoms with van der Waals surface area (Å²) in [7, 11) is 0. The van der Waals surface area contributed by atoms with E-state index in [1.54, 1.807) is 0 Å². The van der Waals surface area contributed by atoms with Gasteiger partial charge in [0.2, 0.25) is 0 Å². The third kappa shape index (κ3) is 2.83. The van der Waals surface area contributed by atoms with E-state index >= 15 is 0 Å². The van der Waals surface area contributed by atoms with Crippen LogP contribution in [0.3, 0.4) is 0 Å². The van der Waals surface area contributed by atoms with Gasteiger partial charge in [0.1, 0.15) is 11.6 Å². The summed E-state index contributed by atoms with van der Waals surface area (Å²) in [6.07, 6.45) is 6.06. The highest BCUT2D eigenvalue weighted by Crippen LogP contribution is 2.36. The Bertz CT molecular complexity index is 382. The average molecular weight is 240 g/mol. The van der Waals surface area contributed by atoms with Crippen LogP contribution < -0.4 is 0 Å². The number of hydrogen-bond donors (Lipinski definition) is 1. The minimum atomic E-state index is -1.19. The Hall–Kier alpha value is -0.960. The highest BCUT2D eigenvalue weighted by Gasteiger charge is 2.32. The van der Waals surface area contributed by atoms with Crippen molar-refractivity contribution >= 4 is 0 Å². The maximum absolute atomic E-state index is 13.7.